The molecule has 0 aromatic heterocycles. The largest absolute Gasteiger partial charge is 0.508 e. The predicted molar refractivity (Wildman–Crippen MR) is 95.4 cm³/mol. The molecule has 1 aliphatic rings. The van der Waals surface area contributed by atoms with Crippen LogP contribution in [0, 0.1) is 0 Å². The molecule has 3 aromatic rings. The van der Waals surface area contributed by atoms with E-state index < -0.39 is 0 Å². The Morgan fingerprint density at radius 1 is 0.739 bits per heavy atom. The average molecular weight is 301 g/mol. The Kier molecular flexibility index (Phi) is 2.95. The number of rotatable bonds is 2. The van der Waals surface area contributed by atoms with Gasteiger partial charge in [0.05, 0.1) is 0 Å². The van der Waals surface area contributed by atoms with Crippen molar-refractivity contribution in [1.29, 1.82) is 0 Å². The summed E-state index contributed by atoms with van der Waals surface area (Å²) in [6.07, 6.45) is 0. The topological polar surface area (TPSA) is 32.3 Å². The number of anilines is 2. The van der Waals surface area contributed by atoms with E-state index in [2.05, 4.69) is 61.6 Å². The van der Waals surface area contributed by atoms with Gasteiger partial charge < -0.3 is 10.4 Å². The van der Waals surface area contributed by atoms with E-state index >= 15 is 0 Å². The molecule has 0 bridgehead atoms. The highest BCUT2D eigenvalue weighted by atomic mass is 16.3. The molecule has 114 valence electrons. The lowest BCUT2D eigenvalue weighted by Gasteiger charge is -2.22. The first-order valence-electron chi connectivity index (χ1n) is 7.86. The van der Waals surface area contributed by atoms with Gasteiger partial charge in [-0.15, -0.1) is 0 Å². The van der Waals surface area contributed by atoms with Gasteiger partial charge in [-0.1, -0.05) is 44.2 Å². The molecule has 4 rings (SSSR count). The number of benzene rings is 3. The first kappa shape index (κ1) is 13.9. The van der Waals surface area contributed by atoms with Crippen molar-refractivity contribution in [3.8, 4) is 16.9 Å². The van der Waals surface area contributed by atoms with Gasteiger partial charge in [-0.2, -0.15) is 0 Å². The fourth-order valence-corrected chi connectivity index (χ4v) is 3.49. The molecule has 0 saturated heterocycles. The standard InChI is InChI=1S/C21H19NO/c1-21(2)19-6-4-3-5-17(19)18-12-9-15(13-20(18)21)22-14-7-10-16(23)11-8-14/h3-13,22-23H,1-2H3. The van der Waals surface area contributed by atoms with Crippen molar-refractivity contribution in [1.82, 2.24) is 0 Å². The van der Waals surface area contributed by atoms with Gasteiger partial charge in [0.15, 0.2) is 0 Å². The molecule has 0 radical (unpaired) electrons. The van der Waals surface area contributed by atoms with Crippen LogP contribution in [0.1, 0.15) is 25.0 Å². The molecule has 0 amide bonds. The first-order valence-corrected chi connectivity index (χ1v) is 7.86. The lowest BCUT2D eigenvalue weighted by atomic mass is 9.82. The summed E-state index contributed by atoms with van der Waals surface area (Å²) in [4.78, 5) is 0. The van der Waals surface area contributed by atoms with Gasteiger partial charge in [0.2, 0.25) is 0 Å². The number of nitrogens with one attached hydrogen (secondary N) is 1. The maximum absolute atomic E-state index is 9.39. The summed E-state index contributed by atoms with van der Waals surface area (Å²) in [7, 11) is 0. The second-order valence-electron chi connectivity index (χ2n) is 6.60. The number of fused-ring (bicyclic) bond motifs is 3. The van der Waals surface area contributed by atoms with E-state index in [0.717, 1.165) is 11.4 Å². The number of hydrogen-bond donors (Lipinski definition) is 2. The fourth-order valence-electron chi connectivity index (χ4n) is 3.49. The van der Waals surface area contributed by atoms with Crippen molar-refractivity contribution in [2.45, 2.75) is 19.3 Å². The third-order valence-corrected chi connectivity index (χ3v) is 4.74. The normalized spacial score (nSPS) is 14.2. The monoisotopic (exact) mass is 301 g/mol. The Morgan fingerprint density at radius 2 is 1.39 bits per heavy atom. The second-order valence-corrected chi connectivity index (χ2v) is 6.60. The Balaban J connectivity index is 1.75. The van der Waals surface area contributed by atoms with Crippen molar-refractivity contribution in [2.75, 3.05) is 5.32 Å². The highest BCUT2D eigenvalue weighted by Gasteiger charge is 2.35. The highest BCUT2D eigenvalue weighted by molar-refractivity contribution is 5.82. The Bertz CT molecular complexity index is 879. The second kappa shape index (κ2) is 4.88. The molecule has 3 aromatic carbocycles. The van der Waals surface area contributed by atoms with Gasteiger partial charge in [-0.05, 0) is 58.7 Å². The molecule has 1 aliphatic carbocycles. The van der Waals surface area contributed by atoms with Crippen LogP contribution in [0.4, 0.5) is 11.4 Å². The van der Waals surface area contributed by atoms with Crippen molar-refractivity contribution < 1.29 is 5.11 Å². The van der Waals surface area contributed by atoms with Crippen LogP contribution in [-0.2, 0) is 5.41 Å². The van der Waals surface area contributed by atoms with E-state index in [1.807, 2.05) is 12.1 Å². The zero-order chi connectivity index (χ0) is 16.0. The van der Waals surface area contributed by atoms with E-state index in [1.165, 1.54) is 22.3 Å². The van der Waals surface area contributed by atoms with Crippen LogP contribution in [-0.4, -0.2) is 5.11 Å². The van der Waals surface area contributed by atoms with Crippen LogP contribution in [0.15, 0.2) is 66.7 Å². The average Bonchev–Trinajstić information content (AvgIpc) is 2.78. The molecule has 0 unspecified atom stereocenters. The van der Waals surface area contributed by atoms with Gasteiger partial charge in [0.1, 0.15) is 5.75 Å². The molecule has 0 heterocycles. The molecule has 0 spiro atoms. The summed E-state index contributed by atoms with van der Waals surface area (Å²) in [5, 5.41) is 12.8. The van der Waals surface area contributed by atoms with E-state index in [9.17, 15) is 5.11 Å². The highest BCUT2D eigenvalue weighted by Crippen LogP contribution is 2.49. The quantitative estimate of drug-likeness (QED) is 0.617. The molecule has 0 aliphatic heterocycles. The van der Waals surface area contributed by atoms with Gasteiger partial charge in [-0.25, -0.2) is 0 Å². The Morgan fingerprint density at radius 3 is 2.17 bits per heavy atom. The molecule has 0 saturated carbocycles. The SMILES string of the molecule is CC1(C)c2ccccc2-c2ccc(Nc3ccc(O)cc3)cc21. The summed E-state index contributed by atoms with van der Waals surface area (Å²) in [5.74, 6) is 0.279. The summed E-state index contributed by atoms with van der Waals surface area (Å²) < 4.78 is 0. The zero-order valence-corrected chi connectivity index (χ0v) is 13.3. The van der Waals surface area contributed by atoms with Crippen molar-refractivity contribution in [3.05, 3.63) is 77.9 Å². The van der Waals surface area contributed by atoms with Crippen LogP contribution in [0.2, 0.25) is 0 Å². The smallest absolute Gasteiger partial charge is 0.115 e. The van der Waals surface area contributed by atoms with Crippen molar-refractivity contribution >= 4 is 11.4 Å². The molecular weight excluding hydrogens is 282 g/mol. The number of phenolic OH excluding ortho intramolecular Hbond substituents is 1. The van der Waals surface area contributed by atoms with Crippen LogP contribution in [0.25, 0.3) is 11.1 Å². The molecule has 2 heteroatoms. The van der Waals surface area contributed by atoms with Gasteiger partial charge >= 0.3 is 0 Å². The third-order valence-electron chi connectivity index (χ3n) is 4.74. The summed E-state index contributed by atoms with van der Waals surface area (Å²) >= 11 is 0. The molecule has 0 atom stereocenters. The lowest BCUT2D eigenvalue weighted by Crippen LogP contribution is -2.15. The third kappa shape index (κ3) is 2.18. The summed E-state index contributed by atoms with van der Waals surface area (Å²) in [6.45, 7) is 4.56. The minimum absolute atomic E-state index is 0.0125. The fraction of sp³-hybridized carbons (Fsp3) is 0.143. The van der Waals surface area contributed by atoms with Gasteiger partial charge in [0.25, 0.3) is 0 Å². The van der Waals surface area contributed by atoms with E-state index in [0.29, 0.717) is 0 Å². The summed E-state index contributed by atoms with van der Waals surface area (Å²) in [6, 6.07) is 22.3. The van der Waals surface area contributed by atoms with Crippen molar-refractivity contribution in [2.24, 2.45) is 0 Å². The van der Waals surface area contributed by atoms with Crippen molar-refractivity contribution in [3.63, 3.8) is 0 Å². The molecule has 0 fully saturated rings. The van der Waals surface area contributed by atoms with E-state index in [-0.39, 0.29) is 11.2 Å². The number of phenols is 1. The van der Waals surface area contributed by atoms with E-state index in [1.54, 1.807) is 12.1 Å². The molecule has 2 N–H and O–H groups in total. The maximum atomic E-state index is 9.39. The maximum Gasteiger partial charge on any atom is 0.115 e. The van der Waals surface area contributed by atoms with Crippen LogP contribution in [0.3, 0.4) is 0 Å². The molecule has 2 nitrogen and oxygen atoms in total. The number of aromatic hydroxyl groups is 1. The minimum Gasteiger partial charge on any atom is -0.508 e. The Hall–Kier alpha value is -2.74. The van der Waals surface area contributed by atoms with E-state index in [4.69, 9.17) is 0 Å². The van der Waals surface area contributed by atoms with Crippen LogP contribution < -0.4 is 5.32 Å². The van der Waals surface area contributed by atoms with Crippen LogP contribution in [0.5, 0.6) is 5.75 Å². The number of hydrogen-bond acceptors (Lipinski definition) is 2. The van der Waals surface area contributed by atoms with Crippen LogP contribution >= 0.6 is 0 Å². The first-order chi connectivity index (χ1) is 11.1. The Labute approximate surface area is 136 Å². The van der Waals surface area contributed by atoms with Gasteiger partial charge in [0, 0.05) is 16.8 Å². The molecule has 23 heavy (non-hydrogen) atoms. The zero-order valence-electron chi connectivity index (χ0n) is 13.3. The predicted octanol–water partition coefficient (Wildman–Crippen LogP) is 5.44. The summed E-state index contributed by atoms with van der Waals surface area (Å²) in [5.41, 5.74) is 7.44. The lowest BCUT2D eigenvalue weighted by molar-refractivity contribution is 0.475. The van der Waals surface area contributed by atoms with Gasteiger partial charge in [-0.3, -0.25) is 0 Å². The molecular formula is C21H19NO. The minimum atomic E-state index is 0.0125.